The van der Waals surface area contributed by atoms with Gasteiger partial charge in [0.25, 0.3) is 0 Å². The molecule has 0 bridgehead atoms. The molecule has 1 aromatic heterocycles. The van der Waals surface area contributed by atoms with Gasteiger partial charge in [-0.15, -0.1) is 0 Å². The van der Waals surface area contributed by atoms with Crippen molar-refractivity contribution in [3.8, 4) is 0 Å². The highest BCUT2D eigenvalue weighted by Crippen LogP contribution is 2.27. The van der Waals surface area contributed by atoms with Gasteiger partial charge in [-0.3, -0.25) is 4.68 Å². The van der Waals surface area contributed by atoms with Crippen LogP contribution in [-0.2, 0) is 19.1 Å². The molecule has 1 heterocycles. The summed E-state index contributed by atoms with van der Waals surface area (Å²) in [6.45, 7) is 6.01. The van der Waals surface area contributed by atoms with Crippen LogP contribution >= 0.6 is 0 Å². The first-order chi connectivity index (χ1) is 8.88. The fourth-order valence-corrected chi connectivity index (χ4v) is 2.45. The van der Waals surface area contributed by atoms with Crippen LogP contribution in [0.1, 0.15) is 35.7 Å². The second-order valence-electron chi connectivity index (χ2n) is 5.60. The molecular formula is C16H22N2O. The van der Waals surface area contributed by atoms with E-state index >= 15 is 0 Å². The highest BCUT2D eigenvalue weighted by Gasteiger charge is 2.23. The summed E-state index contributed by atoms with van der Waals surface area (Å²) in [5.41, 5.74) is 3.71. The van der Waals surface area contributed by atoms with Gasteiger partial charge in [-0.25, -0.2) is 0 Å². The topological polar surface area (TPSA) is 38.1 Å². The zero-order valence-corrected chi connectivity index (χ0v) is 12.1. The van der Waals surface area contributed by atoms with Crippen molar-refractivity contribution in [2.75, 3.05) is 0 Å². The fourth-order valence-electron chi connectivity index (χ4n) is 2.45. The molecular weight excluding hydrogens is 236 g/mol. The van der Waals surface area contributed by atoms with E-state index in [9.17, 15) is 5.11 Å². The van der Waals surface area contributed by atoms with E-state index in [-0.39, 0.29) is 0 Å². The minimum Gasteiger partial charge on any atom is -0.385 e. The predicted molar refractivity (Wildman–Crippen MR) is 77.0 cm³/mol. The predicted octanol–water partition coefficient (Wildman–Crippen LogP) is 2.88. The maximum atomic E-state index is 10.7. The van der Waals surface area contributed by atoms with Crippen LogP contribution in [0.25, 0.3) is 0 Å². The van der Waals surface area contributed by atoms with Crippen LogP contribution in [0.15, 0.2) is 30.5 Å². The average Bonchev–Trinajstić information content (AvgIpc) is 2.71. The van der Waals surface area contributed by atoms with Crippen molar-refractivity contribution in [1.82, 2.24) is 9.78 Å². The number of aryl methyl sites for hydroxylation is 4. The smallest absolute Gasteiger partial charge is 0.0872 e. The van der Waals surface area contributed by atoms with E-state index in [1.807, 2.05) is 24.7 Å². The second kappa shape index (κ2) is 5.17. The van der Waals surface area contributed by atoms with Crippen molar-refractivity contribution in [3.05, 3.63) is 52.8 Å². The minimum absolute atomic E-state index is 0.690. The maximum absolute atomic E-state index is 10.7. The van der Waals surface area contributed by atoms with E-state index in [0.29, 0.717) is 6.42 Å². The molecule has 1 aromatic carbocycles. The molecule has 2 rings (SSSR count). The number of aliphatic hydroxyl groups is 1. The lowest BCUT2D eigenvalue weighted by Gasteiger charge is -2.25. The Labute approximate surface area is 114 Å². The van der Waals surface area contributed by atoms with Crippen molar-refractivity contribution < 1.29 is 5.11 Å². The number of nitrogens with zero attached hydrogens (tertiary/aromatic N) is 2. The van der Waals surface area contributed by atoms with Crippen molar-refractivity contribution in [2.24, 2.45) is 7.05 Å². The Morgan fingerprint density at radius 2 is 1.84 bits per heavy atom. The van der Waals surface area contributed by atoms with E-state index in [1.165, 1.54) is 11.1 Å². The summed E-state index contributed by atoms with van der Waals surface area (Å²) in [6.07, 6.45) is 3.30. The third kappa shape index (κ3) is 3.24. The zero-order valence-electron chi connectivity index (χ0n) is 12.1. The van der Waals surface area contributed by atoms with Crippen LogP contribution < -0.4 is 0 Å². The molecule has 0 amide bonds. The molecule has 0 spiro atoms. The van der Waals surface area contributed by atoms with E-state index in [4.69, 9.17) is 0 Å². The van der Waals surface area contributed by atoms with Crippen molar-refractivity contribution in [2.45, 2.75) is 39.2 Å². The summed E-state index contributed by atoms with van der Waals surface area (Å²) >= 11 is 0. The molecule has 102 valence electrons. The Kier molecular flexibility index (Phi) is 3.76. The third-order valence-electron chi connectivity index (χ3n) is 3.63. The van der Waals surface area contributed by atoms with Gasteiger partial charge in [-0.2, -0.15) is 5.10 Å². The lowest BCUT2D eigenvalue weighted by Crippen LogP contribution is -2.22. The summed E-state index contributed by atoms with van der Waals surface area (Å²) in [6, 6.07) is 8.25. The zero-order chi connectivity index (χ0) is 14.0. The normalized spacial score (nSPS) is 14.4. The Bertz CT molecular complexity index is 550. The third-order valence-corrected chi connectivity index (χ3v) is 3.63. The molecule has 0 radical (unpaired) electrons. The van der Waals surface area contributed by atoms with Crippen molar-refractivity contribution in [1.29, 1.82) is 0 Å². The number of hydrogen-bond donors (Lipinski definition) is 1. The van der Waals surface area contributed by atoms with Gasteiger partial charge in [0, 0.05) is 18.9 Å². The molecule has 19 heavy (non-hydrogen) atoms. The molecule has 3 nitrogen and oxygen atoms in total. The van der Waals surface area contributed by atoms with Gasteiger partial charge in [-0.1, -0.05) is 29.3 Å². The molecule has 1 N–H and O–H groups in total. The highest BCUT2D eigenvalue weighted by molar-refractivity contribution is 5.32. The van der Waals surface area contributed by atoms with Gasteiger partial charge in [-0.05, 0) is 45.2 Å². The molecule has 0 aliphatic heterocycles. The fraction of sp³-hybridized carbons (Fsp3) is 0.438. The van der Waals surface area contributed by atoms with Gasteiger partial charge >= 0.3 is 0 Å². The van der Waals surface area contributed by atoms with Crippen LogP contribution in [0, 0.1) is 13.8 Å². The van der Waals surface area contributed by atoms with E-state index in [0.717, 1.165) is 17.7 Å². The number of rotatable bonds is 4. The first-order valence-corrected chi connectivity index (χ1v) is 6.66. The molecule has 0 saturated heterocycles. The maximum Gasteiger partial charge on any atom is 0.0872 e. The highest BCUT2D eigenvalue weighted by atomic mass is 16.3. The van der Waals surface area contributed by atoms with Gasteiger partial charge in [0.05, 0.1) is 5.60 Å². The Morgan fingerprint density at radius 1 is 1.21 bits per heavy atom. The Morgan fingerprint density at radius 3 is 2.37 bits per heavy atom. The number of benzene rings is 1. The SMILES string of the molecule is Cc1cc(C)cc(C(C)(O)CCc2ccnn2C)c1. The van der Waals surface area contributed by atoms with Crippen molar-refractivity contribution in [3.63, 3.8) is 0 Å². The van der Waals surface area contributed by atoms with E-state index < -0.39 is 5.60 Å². The summed E-state index contributed by atoms with van der Waals surface area (Å²) < 4.78 is 1.86. The van der Waals surface area contributed by atoms with E-state index in [1.54, 1.807) is 6.20 Å². The molecule has 2 aromatic rings. The van der Waals surface area contributed by atoms with Gasteiger partial charge in [0.15, 0.2) is 0 Å². The van der Waals surface area contributed by atoms with Crippen molar-refractivity contribution >= 4 is 0 Å². The van der Waals surface area contributed by atoms with Crippen LogP contribution in [-0.4, -0.2) is 14.9 Å². The second-order valence-corrected chi connectivity index (χ2v) is 5.60. The first kappa shape index (κ1) is 13.8. The monoisotopic (exact) mass is 258 g/mol. The summed E-state index contributed by atoms with van der Waals surface area (Å²) in [4.78, 5) is 0. The summed E-state index contributed by atoms with van der Waals surface area (Å²) in [5, 5.41) is 14.8. The first-order valence-electron chi connectivity index (χ1n) is 6.66. The minimum atomic E-state index is -0.805. The number of aromatic nitrogens is 2. The van der Waals surface area contributed by atoms with Gasteiger partial charge in [0.1, 0.15) is 0 Å². The quantitative estimate of drug-likeness (QED) is 0.915. The molecule has 0 aliphatic carbocycles. The molecule has 0 aliphatic rings. The molecule has 3 heteroatoms. The van der Waals surface area contributed by atoms with Gasteiger partial charge in [0.2, 0.25) is 0 Å². The van der Waals surface area contributed by atoms with E-state index in [2.05, 4.69) is 37.1 Å². The molecule has 1 atom stereocenters. The number of hydrogen-bond acceptors (Lipinski definition) is 2. The summed E-state index contributed by atoms with van der Waals surface area (Å²) in [7, 11) is 1.93. The van der Waals surface area contributed by atoms with Crippen LogP contribution in [0.4, 0.5) is 0 Å². The van der Waals surface area contributed by atoms with Gasteiger partial charge < -0.3 is 5.11 Å². The molecule has 1 unspecified atom stereocenters. The lowest BCUT2D eigenvalue weighted by atomic mass is 9.88. The molecule has 0 fully saturated rings. The average molecular weight is 258 g/mol. The Balaban J connectivity index is 2.15. The van der Waals surface area contributed by atoms with Crippen LogP contribution in [0.5, 0.6) is 0 Å². The lowest BCUT2D eigenvalue weighted by molar-refractivity contribution is 0.0474. The van der Waals surface area contributed by atoms with Crippen LogP contribution in [0.3, 0.4) is 0 Å². The summed E-state index contributed by atoms with van der Waals surface area (Å²) in [5.74, 6) is 0. The molecule has 0 saturated carbocycles. The Hall–Kier alpha value is -1.61. The van der Waals surface area contributed by atoms with Crippen LogP contribution in [0.2, 0.25) is 0 Å². The largest absolute Gasteiger partial charge is 0.385 e. The standard InChI is InChI=1S/C16H22N2O/c1-12-9-13(2)11-14(10-12)16(3,19)7-5-15-6-8-17-18(15)4/h6,8-11,19H,5,7H2,1-4H3.